The predicted molar refractivity (Wildman–Crippen MR) is 94.1 cm³/mol. The van der Waals surface area contributed by atoms with Crippen molar-refractivity contribution in [2.24, 2.45) is 5.92 Å². The van der Waals surface area contributed by atoms with Crippen molar-refractivity contribution in [1.29, 1.82) is 0 Å². The molecule has 1 saturated carbocycles. The van der Waals surface area contributed by atoms with E-state index in [4.69, 9.17) is 9.26 Å². The lowest BCUT2D eigenvalue weighted by molar-refractivity contribution is -0.117. The molecule has 0 bridgehead atoms. The van der Waals surface area contributed by atoms with Crippen molar-refractivity contribution in [3.05, 3.63) is 66.4 Å². The third-order valence-corrected chi connectivity index (χ3v) is 4.07. The van der Waals surface area contributed by atoms with Gasteiger partial charge in [-0.1, -0.05) is 35.5 Å². The molecule has 0 spiro atoms. The first-order valence-corrected chi connectivity index (χ1v) is 8.33. The first-order chi connectivity index (χ1) is 12.3. The molecule has 1 aromatic heterocycles. The normalized spacial score (nSPS) is 13.4. The van der Waals surface area contributed by atoms with Crippen molar-refractivity contribution in [1.82, 2.24) is 5.16 Å². The highest BCUT2D eigenvalue weighted by atomic mass is 16.5. The Morgan fingerprint density at radius 2 is 1.88 bits per heavy atom. The average Bonchev–Trinajstić information content (AvgIpc) is 3.40. The van der Waals surface area contributed by atoms with Gasteiger partial charge in [-0.05, 0) is 37.1 Å². The number of benzene rings is 2. The van der Waals surface area contributed by atoms with Crippen LogP contribution in [0.25, 0.3) is 11.3 Å². The number of carbonyl (C=O) groups excluding carboxylic acids is 1. The summed E-state index contributed by atoms with van der Waals surface area (Å²) < 4.78 is 11.1. The van der Waals surface area contributed by atoms with Gasteiger partial charge in [-0.25, -0.2) is 0 Å². The van der Waals surface area contributed by atoms with Crippen molar-refractivity contribution in [2.75, 3.05) is 5.32 Å². The van der Waals surface area contributed by atoms with Crippen LogP contribution in [0.5, 0.6) is 5.75 Å². The number of anilines is 1. The molecule has 1 N–H and O–H groups in total. The topological polar surface area (TPSA) is 64.4 Å². The molecule has 1 amide bonds. The summed E-state index contributed by atoms with van der Waals surface area (Å²) in [4.78, 5) is 11.7. The second-order valence-corrected chi connectivity index (χ2v) is 6.13. The van der Waals surface area contributed by atoms with Gasteiger partial charge in [-0.2, -0.15) is 0 Å². The van der Waals surface area contributed by atoms with E-state index in [-0.39, 0.29) is 11.8 Å². The smallest absolute Gasteiger partial charge is 0.227 e. The van der Waals surface area contributed by atoms with Crippen LogP contribution in [-0.2, 0) is 11.4 Å². The van der Waals surface area contributed by atoms with Crippen molar-refractivity contribution in [2.45, 2.75) is 19.4 Å². The fourth-order valence-electron chi connectivity index (χ4n) is 2.50. The van der Waals surface area contributed by atoms with Crippen LogP contribution in [-0.4, -0.2) is 11.1 Å². The fraction of sp³-hybridized carbons (Fsp3) is 0.200. The van der Waals surface area contributed by atoms with Crippen LogP contribution < -0.4 is 10.1 Å². The van der Waals surface area contributed by atoms with E-state index in [2.05, 4.69) is 10.5 Å². The van der Waals surface area contributed by atoms with Crippen LogP contribution in [0.15, 0.2) is 65.2 Å². The number of nitrogens with one attached hydrogen (secondary N) is 1. The molecule has 1 aliphatic carbocycles. The summed E-state index contributed by atoms with van der Waals surface area (Å²) in [5, 5.41) is 6.94. The lowest BCUT2D eigenvalue weighted by Crippen LogP contribution is -2.13. The fourth-order valence-corrected chi connectivity index (χ4v) is 2.50. The highest BCUT2D eigenvalue weighted by Crippen LogP contribution is 2.30. The molecule has 0 atom stereocenters. The number of hydrogen-bond donors (Lipinski definition) is 1. The Balaban J connectivity index is 1.33. The van der Waals surface area contributed by atoms with Crippen LogP contribution in [0.4, 0.5) is 5.69 Å². The van der Waals surface area contributed by atoms with Gasteiger partial charge in [0.1, 0.15) is 18.1 Å². The van der Waals surface area contributed by atoms with Gasteiger partial charge in [0, 0.05) is 23.2 Å². The van der Waals surface area contributed by atoms with E-state index in [1.807, 2.05) is 60.7 Å². The first-order valence-electron chi connectivity index (χ1n) is 8.33. The van der Waals surface area contributed by atoms with Gasteiger partial charge in [0.25, 0.3) is 0 Å². The molecule has 0 unspecified atom stereocenters. The monoisotopic (exact) mass is 334 g/mol. The number of carbonyl (C=O) groups is 1. The third kappa shape index (κ3) is 3.88. The summed E-state index contributed by atoms with van der Waals surface area (Å²) in [6.07, 6.45) is 1.99. The average molecular weight is 334 g/mol. The zero-order valence-corrected chi connectivity index (χ0v) is 13.6. The number of rotatable bonds is 6. The number of hydrogen-bond acceptors (Lipinski definition) is 4. The molecular weight excluding hydrogens is 316 g/mol. The predicted octanol–water partition coefficient (Wildman–Crippen LogP) is 4.27. The molecule has 5 heteroatoms. The second-order valence-electron chi connectivity index (χ2n) is 6.13. The molecule has 1 aliphatic rings. The van der Waals surface area contributed by atoms with Gasteiger partial charge >= 0.3 is 0 Å². The Hall–Kier alpha value is -3.08. The zero-order valence-electron chi connectivity index (χ0n) is 13.6. The van der Waals surface area contributed by atoms with Crippen LogP contribution in [0.3, 0.4) is 0 Å². The quantitative estimate of drug-likeness (QED) is 0.731. The summed E-state index contributed by atoms with van der Waals surface area (Å²) in [5.74, 6) is 1.73. The summed E-state index contributed by atoms with van der Waals surface area (Å²) in [7, 11) is 0. The zero-order chi connectivity index (χ0) is 17.1. The van der Waals surface area contributed by atoms with Gasteiger partial charge in [0.2, 0.25) is 5.91 Å². The number of ether oxygens (including phenoxy) is 1. The Morgan fingerprint density at radius 1 is 1.12 bits per heavy atom. The highest BCUT2D eigenvalue weighted by molar-refractivity contribution is 5.94. The van der Waals surface area contributed by atoms with E-state index in [9.17, 15) is 4.79 Å². The molecule has 3 aromatic rings. The summed E-state index contributed by atoms with van der Waals surface area (Å²) in [6, 6.07) is 19.0. The maximum atomic E-state index is 11.7. The van der Waals surface area contributed by atoms with Gasteiger partial charge in [-0.15, -0.1) is 0 Å². The van der Waals surface area contributed by atoms with Gasteiger partial charge < -0.3 is 14.6 Å². The van der Waals surface area contributed by atoms with E-state index < -0.39 is 0 Å². The molecule has 126 valence electrons. The highest BCUT2D eigenvalue weighted by Gasteiger charge is 2.29. The Morgan fingerprint density at radius 3 is 2.60 bits per heavy atom. The number of amides is 1. The molecule has 0 radical (unpaired) electrons. The summed E-state index contributed by atoms with van der Waals surface area (Å²) >= 11 is 0. The standard InChI is InChI=1S/C20H18N2O3/c23-20(15-6-7-15)21-16-8-10-18(11-9-16)24-13-17-12-19(25-22-17)14-4-2-1-3-5-14/h1-5,8-12,15H,6-7,13H2,(H,21,23). The van der Waals surface area contributed by atoms with E-state index in [1.54, 1.807) is 0 Å². The molecule has 0 aliphatic heterocycles. The van der Waals surface area contributed by atoms with Gasteiger partial charge in [0.05, 0.1) is 0 Å². The first kappa shape index (κ1) is 15.4. The molecule has 4 rings (SSSR count). The maximum absolute atomic E-state index is 11.7. The number of nitrogens with zero attached hydrogens (tertiary/aromatic N) is 1. The minimum Gasteiger partial charge on any atom is -0.487 e. The molecule has 25 heavy (non-hydrogen) atoms. The largest absolute Gasteiger partial charge is 0.487 e. The lowest BCUT2D eigenvalue weighted by Gasteiger charge is -2.07. The molecule has 1 heterocycles. The van der Waals surface area contributed by atoms with Gasteiger partial charge in [-0.3, -0.25) is 4.79 Å². The van der Waals surface area contributed by atoms with Crippen LogP contribution in [0.2, 0.25) is 0 Å². The summed E-state index contributed by atoms with van der Waals surface area (Å²) in [5.41, 5.74) is 2.50. The van der Waals surface area contributed by atoms with Crippen LogP contribution >= 0.6 is 0 Å². The molecule has 0 saturated heterocycles. The lowest BCUT2D eigenvalue weighted by atomic mass is 10.2. The minimum atomic E-state index is 0.102. The maximum Gasteiger partial charge on any atom is 0.227 e. The Kier molecular flexibility index (Phi) is 4.21. The summed E-state index contributed by atoms with van der Waals surface area (Å²) in [6.45, 7) is 0.324. The van der Waals surface area contributed by atoms with Gasteiger partial charge in [0.15, 0.2) is 5.76 Å². The molecule has 5 nitrogen and oxygen atoms in total. The van der Waals surface area contributed by atoms with E-state index in [1.165, 1.54) is 0 Å². The van der Waals surface area contributed by atoms with E-state index in [0.29, 0.717) is 12.4 Å². The third-order valence-electron chi connectivity index (χ3n) is 4.07. The van der Waals surface area contributed by atoms with Crippen LogP contribution in [0.1, 0.15) is 18.5 Å². The SMILES string of the molecule is O=C(Nc1ccc(OCc2cc(-c3ccccc3)on2)cc1)C1CC1. The van der Waals surface area contributed by atoms with Crippen molar-refractivity contribution in [3.63, 3.8) is 0 Å². The van der Waals surface area contributed by atoms with Crippen molar-refractivity contribution in [3.8, 4) is 17.1 Å². The number of aromatic nitrogens is 1. The second kappa shape index (κ2) is 6.81. The molecular formula is C20H18N2O3. The minimum absolute atomic E-state index is 0.102. The van der Waals surface area contributed by atoms with Crippen LogP contribution in [0, 0.1) is 5.92 Å². The van der Waals surface area contributed by atoms with Crippen molar-refractivity contribution >= 4 is 11.6 Å². The molecule has 2 aromatic carbocycles. The van der Waals surface area contributed by atoms with E-state index in [0.717, 1.165) is 35.5 Å². The Labute approximate surface area is 145 Å². The molecule has 1 fully saturated rings. The Bertz CT molecular complexity index is 852. The van der Waals surface area contributed by atoms with E-state index >= 15 is 0 Å². The van der Waals surface area contributed by atoms with Crippen molar-refractivity contribution < 1.29 is 14.1 Å².